The SMILES string of the molecule is Nc1nc(N)c2ncc(=O)[nH]c2n1. The molecule has 0 aliphatic carbocycles. The van der Waals surface area contributed by atoms with E-state index in [0.29, 0.717) is 5.52 Å². The van der Waals surface area contributed by atoms with Crippen LogP contribution in [-0.2, 0) is 0 Å². The van der Waals surface area contributed by atoms with E-state index in [0.717, 1.165) is 6.20 Å². The molecule has 0 saturated heterocycles. The fraction of sp³-hybridized carbons (Fsp3) is 0. The van der Waals surface area contributed by atoms with Crippen LogP contribution in [-0.4, -0.2) is 19.9 Å². The number of aromatic nitrogens is 4. The Kier molecular flexibility index (Phi) is 1.38. The molecule has 0 spiro atoms. The maximum absolute atomic E-state index is 10.8. The summed E-state index contributed by atoms with van der Waals surface area (Å²) in [6.07, 6.45) is 1.11. The van der Waals surface area contributed by atoms with E-state index in [4.69, 9.17) is 11.5 Å². The fourth-order valence-corrected chi connectivity index (χ4v) is 0.977. The van der Waals surface area contributed by atoms with Gasteiger partial charge in [-0.25, -0.2) is 4.98 Å². The normalized spacial score (nSPS) is 10.5. The van der Waals surface area contributed by atoms with E-state index in [9.17, 15) is 4.79 Å². The molecule has 0 bridgehead atoms. The predicted octanol–water partition coefficient (Wildman–Crippen LogP) is -1.12. The highest BCUT2D eigenvalue weighted by molar-refractivity contribution is 5.81. The van der Waals surface area contributed by atoms with Crippen molar-refractivity contribution in [3.8, 4) is 0 Å². The third-order valence-electron chi connectivity index (χ3n) is 1.48. The monoisotopic (exact) mass is 178 g/mol. The van der Waals surface area contributed by atoms with Crippen molar-refractivity contribution in [2.45, 2.75) is 0 Å². The Morgan fingerprint density at radius 1 is 1.31 bits per heavy atom. The molecule has 7 heteroatoms. The molecule has 0 aromatic carbocycles. The number of aromatic amines is 1. The van der Waals surface area contributed by atoms with Gasteiger partial charge in [-0.2, -0.15) is 9.97 Å². The molecule has 0 fully saturated rings. The van der Waals surface area contributed by atoms with E-state index in [-0.39, 0.29) is 23.0 Å². The molecule has 0 atom stereocenters. The predicted molar refractivity (Wildman–Crippen MR) is 46.8 cm³/mol. The standard InChI is InChI=1S/C6H6N6O/c7-4-3-5(12-6(8)11-4)10-2(13)1-9-3/h1H,(H5,7,8,10,11,12,13). The third-order valence-corrected chi connectivity index (χ3v) is 1.48. The second-order valence-electron chi connectivity index (χ2n) is 2.41. The number of H-pyrrole nitrogens is 1. The molecule has 2 heterocycles. The van der Waals surface area contributed by atoms with Crippen molar-refractivity contribution in [3.05, 3.63) is 16.6 Å². The van der Waals surface area contributed by atoms with E-state index >= 15 is 0 Å². The molecular weight excluding hydrogens is 172 g/mol. The highest BCUT2D eigenvalue weighted by Gasteiger charge is 2.04. The number of hydrogen-bond donors (Lipinski definition) is 3. The average molecular weight is 178 g/mol. The van der Waals surface area contributed by atoms with Crippen LogP contribution in [0.5, 0.6) is 0 Å². The van der Waals surface area contributed by atoms with Crippen molar-refractivity contribution in [1.82, 2.24) is 19.9 Å². The van der Waals surface area contributed by atoms with Crippen LogP contribution in [0.25, 0.3) is 11.2 Å². The van der Waals surface area contributed by atoms with Gasteiger partial charge >= 0.3 is 0 Å². The van der Waals surface area contributed by atoms with Gasteiger partial charge in [0.2, 0.25) is 5.95 Å². The molecule has 2 aromatic rings. The average Bonchev–Trinajstić information content (AvgIpc) is 2.02. The van der Waals surface area contributed by atoms with E-state index < -0.39 is 0 Å². The molecule has 0 unspecified atom stereocenters. The number of nitrogens with one attached hydrogen (secondary N) is 1. The lowest BCUT2D eigenvalue weighted by Crippen LogP contribution is -2.10. The van der Waals surface area contributed by atoms with E-state index in [2.05, 4.69) is 19.9 Å². The van der Waals surface area contributed by atoms with Crippen LogP contribution in [0.1, 0.15) is 0 Å². The summed E-state index contributed by atoms with van der Waals surface area (Å²) in [5.74, 6) is 0.160. The molecule has 0 saturated carbocycles. The number of hydrogen-bond acceptors (Lipinski definition) is 6. The van der Waals surface area contributed by atoms with Crippen LogP contribution in [0.3, 0.4) is 0 Å². The van der Waals surface area contributed by atoms with Crippen LogP contribution < -0.4 is 17.0 Å². The number of rotatable bonds is 0. The van der Waals surface area contributed by atoms with Gasteiger partial charge in [-0.1, -0.05) is 0 Å². The molecule has 5 N–H and O–H groups in total. The van der Waals surface area contributed by atoms with E-state index in [1.54, 1.807) is 0 Å². The van der Waals surface area contributed by atoms with Crippen LogP contribution in [0, 0.1) is 0 Å². The molecule has 0 aliphatic rings. The summed E-state index contributed by atoms with van der Waals surface area (Å²) in [6.45, 7) is 0. The van der Waals surface area contributed by atoms with Crippen LogP contribution in [0.4, 0.5) is 11.8 Å². The van der Waals surface area contributed by atoms with Crippen molar-refractivity contribution < 1.29 is 0 Å². The smallest absolute Gasteiger partial charge is 0.268 e. The number of nitrogen functional groups attached to an aromatic ring is 2. The summed E-state index contributed by atoms with van der Waals surface area (Å²) in [6, 6.07) is 0. The van der Waals surface area contributed by atoms with Gasteiger partial charge in [0.05, 0.1) is 6.20 Å². The summed E-state index contributed by atoms with van der Waals surface area (Å²) >= 11 is 0. The lowest BCUT2D eigenvalue weighted by atomic mass is 10.5. The minimum Gasteiger partial charge on any atom is -0.382 e. The minimum atomic E-state index is -0.356. The molecule has 7 nitrogen and oxygen atoms in total. The van der Waals surface area contributed by atoms with Gasteiger partial charge < -0.3 is 16.5 Å². The Morgan fingerprint density at radius 2 is 2.08 bits per heavy atom. The quantitative estimate of drug-likeness (QED) is 0.469. The van der Waals surface area contributed by atoms with Gasteiger partial charge in [-0.05, 0) is 0 Å². The molecule has 0 aliphatic heterocycles. The van der Waals surface area contributed by atoms with Gasteiger partial charge in [0.25, 0.3) is 5.56 Å². The number of nitrogens with zero attached hydrogens (tertiary/aromatic N) is 3. The lowest BCUT2D eigenvalue weighted by molar-refractivity contribution is 1.13. The first kappa shape index (κ1) is 7.47. The highest BCUT2D eigenvalue weighted by Crippen LogP contribution is 2.11. The molecule has 0 amide bonds. The van der Waals surface area contributed by atoms with Gasteiger partial charge in [0.15, 0.2) is 11.5 Å². The zero-order valence-electron chi connectivity index (χ0n) is 6.48. The van der Waals surface area contributed by atoms with Crippen molar-refractivity contribution in [1.29, 1.82) is 0 Å². The Labute approximate surface area is 71.8 Å². The third kappa shape index (κ3) is 1.15. The largest absolute Gasteiger partial charge is 0.382 e. The Morgan fingerprint density at radius 3 is 2.85 bits per heavy atom. The van der Waals surface area contributed by atoms with Crippen molar-refractivity contribution in [2.75, 3.05) is 11.5 Å². The maximum Gasteiger partial charge on any atom is 0.268 e. The first-order valence-corrected chi connectivity index (χ1v) is 3.45. The molecule has 2 aromatic heterocycles. The summed E-state index contributed by atoms with van der Waals surface area (Å²) in [5, 5.41) is 0. The first-order valence-electron chi connectivity index (χ1n) is 3.45. The van der Waals surface area contributed by atoms with Crippen molar-refractivity contribution in [2.24, 2.45) is 0 Å². The van der Waals surface area contributed by atoms with Gasteiger partial charge in [0, 0.05) is 0 Å². The molecule has 2 rings (SSSR count). The first-order chi connectivity index (χ1) is 6.16. The van der Waals surface area contributed by atoms with Gasteiger partial charge in [0.1, 0.15) is 5.52 Å². The molecule has 13 heavy (non-hydrogen) atoms. The van der Waals surface area contributed by atoms with Crippen LogP contribution in [0.15, 0.2) is 11.0 Å². The topological polar surface area (TPSA) is 124 Å². The lowest BCUT2D eigenvalue weighted by Gasteiger charge is -1.99. The number of fused-ring (bicyclic) bond motifs is 1. The Hall–Kier alpha value is -2.18. The van der Waals surface area contributed by atoms with E-state index in [1.165, 1.54) is 0 Å². The number of nitrogens with two attached hydrogens (primary N) is 2. The zero-order chi connectivity index (χ0) is 9.42. The molecule has 66 valence electrons. The highest BCUT2D eigenvalue weighted by atomic mass is 16.1. The summed E-state index contributed by atoms with van der Waals surface area (Å²) < 4.78 is 0. The van der Waals surface area contributed by atoms with Crippen LogP contribution in [0.2, 0.25) is 0 Å². The Bertz CT molecular complexity index is 518. The van der Waals surface area contributed by atoms with Crippen LogP contribution >= 0.6 is 0 Å². The second kappa shape index (κ2) is 2.41. The molecule has 0 radical (unpaired) electrons. The minimum absolute atomic E-state index is 0.00801. The summed E-state index contributed by atoms with van der Waals surface area (Å²) in [7, 11) is 0. The van der Waals surface area contributed by atoms with Gasteiger partial charge in [-0.3, -0.25) is 4.79 Å². The zero-order valence-corrected chi connectivity index (χ0v) is 6.48. The fourth-order valence-electron chi connectivity index (χ4n) is 0.977. The second-order valence-corrected chi connectivity index (χ2v) is 2.41. The van der Waals surface area contributed by atoms with Crippen molar-refractivity contribution in [3.63, 3.8) is 0 Å². The van der Waals surface area contributed by atoms with Gasteiger partial charge in [-0.15, -0.1) is 0 Å². The summed E-state index contributed by atoms with van der Waals surface area (Å²) in [5.41, 5.74) is 11.0. The van der Waals surface area contributed by atoms with E-state index in [1.807, 2.05) is 0 Å². The number of anilines is 2. The van der Waals surface area contributed by atoms with Crippen molar-refractivity contribution >= 4 is 22.9 Å². The molecular formula is C6H6N6O. The Balaban J connectivity index is 2.94. The summed E-state index contributed by atoms with van der Waals surface area (Å²) in [4.78, 5) is 24.5. The maximum atomic E-state index is 10.8.